The molecule has 0 aliphatic heterocycles. The smallest absolute Gasteiger partial charge is 0.321 e. The molecule has 2 aromatic carbocycles. The number of benzene rings is 2. The van der Waals surface area contributed by atoms with Gasteiger partial charge in [-0.2, -0.15) is 0 Å². The van der Waals surface area contributed by atoms with Gasteiger partial charge in [0.15, 0.2) is 0 Å². The van der Waals surface area contributed by atoms with Gasteiger partial charge in [0.2, 0.25) is 5.91 Å². The van der Waals surface area contributed by atoms with Crippen LogP contribution in [0.5, 0.6) is 0 Å². The van der Waals surface area contributed by atoms with Crippen LogP contribution in [0.4, 0.5) is 16.2 Å². The van der Waals surface area contributed by atoms with Crippen LogP contribution in [0.3, 0.4) is 0 Å². The van der Waals surface area contributed by atoms with Gasteiger partial charge in [0.05, 0.1) is 0 Å². The molecule has 0 aliphatic rings. The standard InChI is InChI=1S/C20H24ClN3O2/c1-13(2)19(25)22-17-9-8-14(3)18(11-17)23-20(26)24(4)12-15-6-5-7-16(21)10-15/h5-11,13H,12H2,1-4H3,(H,22,25)(H,23,26). The summed E-state index contributed by atoms with van der Waals surface area (Å²) in [4.78, 5) is 25.9. The van der Waals surface area contributed by atoms with Crippen LogP contribution in [-0.4, -0.2) is 23.9 Å². The van der Waals surface area contributed by atoms with Crippen molar-refractivity contribution >= 4 is 34.9 Å². The summed E-state index contributed by atoms with van der Waals surface area (Å²) in [6, 6.07) is 12.6. The second-order valence-corrected chi connectivity index (χ2v) is 7.03. The van der Waals surface area contributed by atoms with E-state index in [0.717, 1.165) is 11.1 Å². The molecule has 3 amide bonds. The van der Waals surface area contributed by atoms with Gasteiger partial charge in [0.1, 0.15) is 0 Å². The van der Waals surface area contributed by atoms with Gasteiger partial charge in [0, 0.05) is 35.9 Å². The van der Waals surface area contributed by atoms with Gasteiger partial charge in [-0.1, -0.05) is 43.6 Å². The highest BCUT2D eigenvalue weighted by Crippen LogP contribution is 2.21. The molecule has 0 fully saturated rings. The second-order valence-electron chi connectivity index (χ2n) is 6.59. The molecule has 0 spiro atoms. The zero-order chi connectivity index (χ0) is 19.3. The summed E-state index contributed by atoms with van der Waals surface area (Å²) in [5.41, 5.74) is 3.18. The Morgan fingerprint density at radius 3 is 2.50 bits per heavy atom. The maximum absolute atomic E-state index is 12.5. The lowest BCUT2D eigenvalue weighted by Crippen LogP contribution is -2.31. The minimum absolute atomic E-state index is 0.0656. The van der Waals surface area contributed by atoms with Crippen LogP contribution in [0, 0.1) is 12.8 Å². The Labute approximate surface area is 159 Å². The third-order valence-corrected chi connectivity index (χ3v) is 4.16. The molecule has 0 radical (unpaired) electrons. The normalized spacial score (nSPS) is 10.5. The number of hydrogen-bond acceptors (Lipinski definition) is 2. The number of nitrogens with one attached hydrogen (secondary N) is 2. The monoisotopic (exact) mass is 373 g/mol. The van der Waals surface area contributed by atoms with Crippen LogP contribution in [0.2, 0.25) is 5.02 Å². The fraction of sp³-hybridized carbons (Fsp3) is 0.300. The molecule has 5 nitrogen and oxygen atoms in total. The minimum atomic E-state index is -0.236. The van der Waals surface area contributed by atoms with Crippen molar-refractivity contribution in [3.63, 3.8) is 0 Å². The minimum Gasteiger partial charge on any atom is -0.326 e. The first-order chi connectivity index (χ1) is 12.3. The Morgan fingerprint density at radius 1 is 1.12 bits per heavy atom. The molecule has 0 heterocycles. The van der Waals surface area contributed by atoms with Crippen LogP contribution in [0.25, 0.3) is 0 Å². The Kier molecular flexibility index (Phi) is 6.64. The first-order valence-corrected chi connectivity index (χ1v) is 8.82. The summed E-state index contributed by atoms with van der Waals surface area (Å²) >= 11 is 5.99. The molecule has 0 aromatic heterocycles. The number of carbonyl (C=O) groups is 2. The van der Waals surface area contributed by atoms with E-state index >= 15 is 0 Å². The molecule has 0 saturated carbocycles. The number of carbonyl (C=O) groups excluding carboxylic acids is 2. The van der Waals surface area contributed by atoms with Gasteiger partial charge in [-0.25, -0.2) is 4.79 Å². The lowest BCUT2D eigenvalue weighted by Gasteiger charge is -2.19. The molecule has 26 heavy (non-hydrogen) atoms. The molecule has 0 saturated heterocycles. The molecule has 2 rings (SSSR count). The number of nitrogens with zero attached hydrogens (tertiary/aromatic N) is 1. The molecule has 0 bridgehead atoms. The molecular weight excluding hydrogens is 350 g/mol. The van der Waals surface area contributed by atoms with Crippen LogP contribution in [0.1, 0.15) is 25.0 Å². The van der Waals surface area contributed by atoms with E-state index in [1.165, 1.54) is 0 Å². The lowest BCUT2D eigenvalue weighted by molar-refractivity contribution is -0.118. The Morgan fingerprint density at radius 2 is 1.85 bits per heavy atom. The Hall–Kier alpha value is -2.53. The van der Waals surface area contributed by atoms with Crippen molar-refractivity contribution in [2.45, 2.75) is 27.3 Å². The third-order valence-electron chi connectivity index (χ3n) is 3.93. The lowest BCUT2D eigenvalue weighted by atomic mass is 10.1. The Balaban J connectivity index is 2.06. The quantitative estimate of drug-likeness (QED) is 0.782. The van der Waals surface area contributed by atoms with Crippen LogP contribution < -0.4 is 10.6 Å². The van der Waals surface area contributed by atoms with Gasteiger partial charge in [-0.05, 0) is 42.3 Å². The fourth-order valence-electron chi connectivity index (χ4n) is 2.31. The average molecular weight is 374 g/mol. The van der Waals surface area contributed by atoms with Crippen molar-refractivity contribution in [2.24, 2.45) is 5.92 Å². The first-order valence-electron chi connectivity index (χ1n) is 8.44. The van der Waals surface area contributed by atoms with Gasteiger partial charge in [0.25, 0.3) is 0 Å². The van der Waals surface area contributed by atoms with Crippen molar-refractivity contribution in [3.8, 4) is 0 Å². The van der Waals surface area contributed by atoms with Crippen molar-refractivity contribution < 1.29 is 9.59 Å². The zero-order valence-electron chi connectivity index (χ0n) is 15.5. The summed E-state index contributed by atoms with van der Waals surface area (Å²) in [6.07, 6.45) is 0. The Bertz CT molecular complexity index is 805. The van der Waals surface area contributed by atoms with E-state index in [2.05, 4.69) is 10.6 Å². The van der Waals surface area contributed by atoms with Gasteiger partial charge in [-0.15, -0.1) is 0 Å². The first kappa shape index (κ1) is 19.8. The average Bonchev–Trinajstić information content (AvgIpc) is 2.57. The number of rotatable bonds is 5. The molecule has 138 valence electrons. The van der Waals surface area contributed by atoms with Gasteiger partial charge < -0.3 is 15.5 Å². The van der Waals surface area contributed by atoms with Gasteiger partial charge in [-0.3, -0.25) is 4.79 Å². The van der Waals surface area contributed by atoms with E-state index in [1.54, 1.807) is 24.1 Å². The highest BCUT2D eigenvalue weighted by Gasteiger charge is 2.13. The summed E-state index contributed by atoms with van der Waals surface area (Å²) in [7, 11) is 1.72. The third kappa shape index (κ3) is 5.49. The number of urea groups is 1. The topological polar surface area (TPSA) is 61.4 Å². The summed E-state index contributed by atoms with van der Waals surface area (Å²) in [5, 5.41) is 6.37. The van der Waals surface area contributed by atoms with Crippen LogP contribution >= 0.6 is 11.6 Å². The largest absolute Gasteiger partial charge is 0.326 e. The maximum Gasteiger partial charge on any atom is 0.321 e. The maximum atomic E-state index is 12.5. The van der Waals surface area contributed by atoms with E-state index in [4.69, 9.17) is 11.6 Å². The molecule has 0 unspecified atom stereocenters. The molecular formula is C20H24ClN3O2. The van der Waals surface area contributed by atoms with Crippen LogP contribution in [0.15, 0.2) is 42.5 Å². The highest BCUT2D eigenvalue weighted by atomic mass is 35.5. The SMILES string of the molecule is Cc1ccc(NC(=O)C(C)C)cc1NC(=O)N(C)Cc1cccc(Cl)c1. The van der Waals surface area contributed by atoms with E-state index in [1.807, 2.05) is 51.1 Å². The van der Waals surface area contributed by atoms with Crippen molar-refractivity contribution in [3.05, 3.63) is 58.6 Å². The molecule has 2 N–H and O–H groups in total. The van der Waals surface area contributed by atoms with E-state index in [9.17, 15) is 9.59 Å². The van der Waals surface area contributed by atoms with E-state index in [-0.39, 0.29) is 17.9 Å². The van der Waals surface area contributed by atoms with Crippen LogP contribution in [-0.2, 0) is 11.3 Å². The number of anilines is 2. The second kappa shape index (κ2) is 8.72. The zero-order valence-corrected chi connectivity index (χ0v) is 16.2. The van der Waals surface area contributed by atoms with Crippen molar-refractivity contribution in [1.29, 1.82) is 0 Å². The van der Waals surface area contributed by atoms with E-state index in [0.29, 0.717) is 22.9 Å². The predicted octanol–water partition coefficient (Wildman–Crippen LogP) is 4.91. The predicted molar refractivity (Wildman–Crippen MR) is 107 cm³/mol. The summed E-state index contributed by atoms with van der Waals surface area (Å²) in [5.74, 6) is -0.178. The van der Waals surface area contributed by atoms with Crippen molar-refractivity contribution in [1.82, 2.24) is 4.90 Å². The number of aryl methyl sites for hydroxylation is 1. The number of halogens is 1. The summed E-state index contributed by atoms with van der Waals surface area (Å²) in [6.45, 7) is 6.00. The molecule has 6 heteroatoms. The summed E-state index contributed by atoms with van der Waals surface area (Å²) < 4.78 is 0. The molecule has 0 atom stereocenters. The molecule has 0 aliphatic carbocycles. The number of hydrogen-bond donors (Lipinski definition) is 2. The van der Waals surface area contributed by atoms with Crippen molar-refractivity contribution in [2.75, 3.05) is 17.7 Å². The fourth-order valence-corrected chi connectivity index (χ4v) is 2.53. The highest BCUT2D eigenvalue weighted by molar-refractivity contribution is 6.30. The van der Waals surface area contributed by atoms with Gasteiger partial charge >= 0.3 is 6.03 Å². The molecule has 2 aromatic rings. The van der Waals surface area contributed by atoms with E-state index < -0.39 is 0 Å². The number of amides is 3.